The van der Waals surface area contributed by atoms with Crippen molar-refractivity contribution in [2.45, 2.75) is 13.0 Å². The molecule has 0 saturated carbocycles. The third kappa shape index (κ3) is 3.97. The number of piperazine rings is 1. The smallest absolute Gasteiger partial charge is 0.211 e. The van der Waals surface area contributed by atoms with E-state index in [1.807, 2.05) is 7.05 Å². The van der Waals surface area contributed by atoms with E-state index in [0.29, 0.717) is 32.2 Å². The summed E-state index contributed by atoms with van der Waals surface area (Å²) in [6.07, 6.45) is 1.27. The fourth-order valence-electron chi connectivity index (χ4n) is 2.48. The van der Waals surface area contributed by atoms with Crippen LogP contribution in [0.25, 0.3) is 0 Å². The summed E-state index contributed by atoms with van der Waals surface area (Å²) in [6, 6.07) is 6.64. The van der Waals surface area contributed by atoms with Gasteiger partial charge < -0.3 is 10.2 Å². The van der Waals surface area contributed by atoms with Gasteiger partial charge in [0.2, 0.25) is 10.0 Å². The summed E-state index contributed by atoms with van der Waals surface area (Å²) in [5, 5.41) is 3.22. The summed E-state index contributed by atoms with van der Waals surface area (Å²) in [4.78, 5) is 2.22. The highest BCUT2D eigenvalue weighted by atomic mass is 79.9. The van der Waals surface area contributed by atoms with Crippen LogP contribution in [0.15, 0.2) is 22.7 Å². The minimum absolute atomic E-state index is 0.303. The number of nitrogens with one attached hydrogen (secondary N) is 1. The molecule has 1 N–H and O–H groups in total. The maximum Gasteiger partial charge on any atom is 0.211 e. The Labute approximate surface area is 135 Å². The Morgan fingerprint density at radius 2 is 1.86 bits per heavy atom. The van der Waals surface area contributed by atoms with Crippen LogP contribution in [0.4, 0.5) is 5.69 Å². The van der Waals surface area contributed by atoms with Crippen molar-refractivity contribution >= 4 is 31.6 Å². The number of hydrogen-bond donors (Lipinski definition) is 1. The molecule has 0 aromatic heterocycles. The number of anilines is 1. The van der Waals surface area contributed by atoms with E-state index in [1.54, 1.807) is 0 Å². The van der Waals surface area contributed by atoms with Crippen molar-refractivity contribution in [2.24, 2.45) is 0 Å². The molecular formula is C14H22BrN3O2S. The first kappa shape index (κ1) is 16.7. The van der Waals surface area contributed by atoms with Crippen molar-refractivity contribution in [2.75, 3.05) is 44.4 Å². The van der Waals surface area contributed by atoms with E-state index < -0.39 is 10.0 Å². The predicted molar refractivity (Wildman–Crippen MR) is 90.2 cm³/mol. The number of benzene rings is 1. The number of hydrogen-bond acceptors (Lipinski definition) is 4. The van der Waals surface area contributed by atoms with Gasteiger partial charge in [-0.1, -0.05) is 6.07 Å². The van der Waals surface area contributed by atoms with Gasteiger partial charge in [0.25, 0.3) is 0 Å². The molecule has 1 unspecified atom stereocenters. The molecule has 1 aliphatic rings. The van der Waals surface area contributed by atoms with E-state index in [9.17, 15) is 8.42 Å². The first-order valence-corrected chi connectivity index (χ1v) is 9.64. The van der Waals surface area contributed by atoms with Crippen LogP contribution in [0.1, 0.15) is 18.5 Å². The summed E-state index contributed by atoms with van der Waals surface area (Å²) < 4.78 is 25.7. The molecule has 1 atom stereocenters. The van der Waals surface area contributed by atoms with Crippen LogP contribution >= 0.6 is 15.9 Å². The van der Waals surface area contributed by atoms with Crippen molar-refractivity contribution in [1.29, 1.82) is 0 Å². The Hall–Kier alpha value is -0.630. The second-order valence-electron chi connectivity index (χ2n) is 5.37. The van der Waals surface area contributed by atoms with Crippen molar-refractivity contribution in [3.8, 4) is 0 Å². The lowest BCUT2D eigenvalue weighted by molar-refractivity contribution is 0.388. The van der Waals surface area contributed by atoms with E-state index in [2.05, 4.69) is 51.3 Å². The fourth-order valence-corrected chi connectivity index (χ4v) is 3.95. The fraction of sp³-hybridized carbons (Fsp3) is 0.571. The van der Waals surface area contributed by atoms with Gasteiger partial charge >= 0.3 is 0 Å². The highest BCUT2D eigenvalue weighted by Crippen LogP contribution is 2.30. The van der Waals surface area contributed by atoms with Gasteiger partial charge in [-0.25, -0.2) is 8.42 Å². The Balaban J connectivity index is 2.10. The lowest BCUT2D eigenvalue weighted by Crippen LogP contribution is -2.48. The van der Waals surface area contributed by atoms with Crippen molar-refractivity contribution in [3.63, 3.8) is 0 Å². The standard InChI is InChI=1S/C14H22BrN3O2S/c1-11(16-2)12-4-5-14(13(15)10-12)17-6-8-18(9-7-17)21(3,19)20/h4-5,10-11,16H,6-9H2,1-3H3. The summed E-state index contributed by atoms with van der Waals surface area (Å²) in [5.74, 6) is 0. The molecule has 1 heterocycles. The first-order chi connectivity index (χ1) is 9.82. The second kappa shape index (κ2) is 6.64. The van der Waals surface area contributed by atoms with Gasteiger partial charge in [0, 0.05) is 36.7 Å². The van der Waals surface area contributed by atoms with Crippen molar-refractivity contribution < 1.29 is 8.42 Å². The van der Waals surface area contributed by atoms with Crippen molar-refractivity contribution in [1.82, 2.24) is 9.62 Å². The Kier molecular flexibility index (Phi) is 5.29. The third-order valence-corrected chi connectivity index (χ3v) is 5.89. The van der Waals surface area contributed by atoms with E-state index in [1.165, 1.54) is 16.1 Å². The topological polar surface area (TPSA) is 52.6 Å². The molecule has 1 saturated heterocycles. The van der Waals surface area contributed by atoms with E-state index in [4.69, 9.17) is 0 Å². The predicted octanol–water partition coefficient (Wildman–Crippen LogP) is 1.81. The normalized spacial score (nSPS) is 18.8. The highest BCUT2D eigenvalue weighted by Gasteiger charge is 2.24. The van der Waals surface area contributed by atoms with Crippen LogP contribution < -0.4 is 10.2 Å². The molecule has 0 amide bonds. The Morgan fingerprint density at radius 3 is 2.33 bits per heavy atom. The molecule has 1 aromatic rings. The number of rotatable bonds is 4. The zero-order chi connectivity index (χ0) is 15.6. The Morgan fingerprint density at radius 1 is 1.24 bits per heavy atom. The maximum atomic E-state index is 11.5. The summed E-state index contributed by atoms with van der Waals surface area (Å²) in [5.41, 5.74) is 2.35. The molecule has 1 aromatic carbocycles. The van der Waals surface area contributed by atoms with Gasteiger partial charge in [0.15, 0.2) is 0 Å². The highest BCUT2D eigenvalue weighted by molar-refractivity contribution is 9.10. The zero-order valence-electron chi connectivity index (χ0n) is 12.6. The summed E-state index contributed by atoms with van der Waals surface area (Å²) >= 11 is 3.63. The van der Waals surface area contributed by atoms with Crippen LogP contribution in [0.2, 0.25) is 0 Å². The molecule has 0 bridgehead atoms. The minimum Gasteiger partial charge on any atom is -0.368 e. The summed E-state index contributed by atoms with van der Waals surface area (Å²) in [6.45, 7) is 4.63. The molecule has 5 nitrogen and oxygen atoms in total. The zero-order valence-corrected chi connectivity index (χ0v) is 15.0. The molecule has 2 rings (SSSR count). The van der Waals surface area contributed by atoms with Crippen molar-refractivity contribution in [3.05, 3.63) is 28.2 Å². The molecule has 0 spiro atoms. The van der Waals surface area contributed by atoms with Gasteiger partial charge in [0.05, 0.1) is 11.9 Å². The lowest BCUT2D eigenvalue weighted by atomic mass is 10.1. The quantitative estimate of drug-likeness (QED) is 0.871. The number of nitrogens with zero attached hydrogens (tertiary/aromatic N) is 2. The van der Waals surface area contributed by atoms with Gasteiger partial charge in [0.1, 0.15) is 0 Å². The average Bonchev–Trinajstić information content (AvgIpc) is 2.45. The van der Waals surface area contributed by atoms with Gasteiger partial charge in [-0.3, -0.25) is 0 Å². The molecule has 7 heteroatoms. The number of sulfonamides is 1. The monoisotopic (exact) mass is 375 g/mol. The molecule has 21 heavy (non-hydrogen) atoms. The minimum atomic E-state index is -3.08. The molecule has 0 radical (unpaired) electrons. The average molecular weight is 376 g/mol. The van der Waals surface area contributed by atoms with Crippen LogP contribution in [0, 0.1) is 0 Å². The molecule has 1 aliphatic heterocycles. The van der Waals surface area contributed by atoms with Crippen LogP contribution in [0.5, 0.6) is 0 Å². The molecule has 1 fully saturated rings. The van der Waals surface area contributed by atoms with Crippen LogP contribution in [-0.2, 0) is 10.0 Å². The van der Waals surface area contributed by atoms with Gasteiger partial charge in [-0.15, -0.1) is 0 Å². The largest absolute Gasteiger partial charge is 0.368 e. The van der Waals surface area contributed by atoms with E-state index in [0.717, 1.165) is 10.2 Å². The summed E-state index contributed by atoms with van der Waals surface area (Å²) in [7, 11) is -1.13. The third-order valence-electron chi connectivity index (χ3n) is 3.95. The van der Waals surface area contributed by atoms with E-state index in [-0.39, 0.29) is 0 Å². The van der Waals surface area contributed by atoms with E-state index >= 15 is 0 Å². The molecule has 0 aliphatic carbocycles. The molecular weight excluding hydrogens is 354 g/mol. The SMILES string of the molecule is CNC(C)c1ccc(N2CCN(S(C)(=O)=O)CC2)c(Br)c1. The van der Waals surface area contributed by atoms with Crippen LogP contribution in [0.3, 0.4) is 0 Å². The molecule has 118 valence electrons. The second-order valence-corrected chi connectivity index (χ2v) is 8.21. The maximum absolute atomic E-state index is 11.5. The lowest BCUT2D eigenvalue weighted by Gasteiger charge is -2.35. The van der Waals surface area contributed by atoms with Gasteiger partial charge in [-0.05, 0) is 47.6 Å². The first-order valence-electron chi connectivity index (χ1n) is 6.99. The number of halogens is 1. The van der Waals surface area contributed by atoms with Gasteiger partial charge in [-0.2, -0.15) is 4.31 Å². The Bertz CT molecular complexity index is 598. The van der Waals surface area contributed by atoms with Crippen LogP contribution in [-0.4, -0.2) is 52.2 Å².